The fraction of sp³-hybridized carbons (Fsp3) is 0.562. The standard InChI is InChI=1S/C16H25NO.ClH/c1-5-12-17(13-6-2)16(3,4)15(18)14-10-8-7-9-11-14;/h7-11H,5-6,12-13H2,1-4H3;1H. The molecule has 1 rings (SSSR count). The Morgan fingerprint density at radius 1 is 1.05 bits per heavy atom. The van der Waals surface area contributed by atoms with Gasteiger partial charge in [-0.25, -0.2) is 0 Å². The predicted molar refractivity (Wildman–Crippen MR) is 84.3 cm³/mol. The number of ketones is 1. The van der Waals surface area contributed by atoms with Gasteiger partial charge in [-0.05, 0) is 39.8 Å². The van der Waals surface area contributed by atoms with Gasteiger partial charge in [0.25, 0.3) is 0 Å². The number of hydrogen-bond donors (Lipinski definition) is 0. The topological polar surface area (TPSA) is 20.3 Å². The molecule has 0 unspecified atom stereocenters. The van der Waals surface area contributed by atoms with Gasteiger partial charge in [0.1, 0.15) is 0 Å². The molecule has 0 aliphatic carbocycles. The Morgan fingerprint density at radius 2 is 1.53 bits per heavy atom. The first kappa shape index (κ1) is 18.1. The Bertz CT molecular complexity index is 370. The number of carbonyl (C=O) groups is 1. The normalized spacial score (nSPS) is 11.2. The van der Waals surface area contributed by atoms with Crippen molar-refractivity contribution in [3.05, 3.63) is 35.9 Å². The molecule has 0 saturated carbocycles. The second-order valence-corrected chi connectivity index (χ2v) is 5.24. The van der Waals surface area contributed by atoms with Gasteiger partial charge in [0, 0.05) is 5.56 Å². The molecule has 0 radical (unpaired) electrons. The van der Waals surface area contributed by atoms with Crippen molar-refractivity contribution in [2.75, 3.05) is 13.1 Å². The van der Waals surface area contributed by atoms with Gasteiger partial charge in [0.15, 0.2) is 5.78 Å². The molecule has 0 aromatic heterocycles. The van der Waals surface area contributed by atoms with Crippen LogP contribution < -0.4 is 0 Å². The van der Waals surface area contributed by atoms with Crippen molar-refractivity contribution >= 4 is 18.2 Å². The molecule has 0 heterocycles. The fourth-order valence-corrected chi connectivity index (χ4v) is 2.30. The van der Waals surface area contributed by atoms with Crippen molar-refractivity contribution in [3.8, 4) is 0 Å². The van der Waals surface area contributed by atoms with Crippen LogP contribution in [0.4, 0.5) is 0 Å². The molecule has 1 aromatic rings. The first-order valence-corrected chi connectivity index (χ1v) is 6.89. The largest absolute Gasteiger partial charge is 0.292 e. The quantitative estimate of drug-likeness (QED) is 0.699. The highest BCUT2D eigenvalue weighted by molar-refractivity contribution is 6.02. The van der Waals surface area contributed by atoms with Crippen molar-refractivity contribution < 1.29 is 4.79 Å². The second-order valence-electron chi connectivity index (χ2n) is 5.24. The summed E-state index contributed by atoms with van der Waals surface area (Å²) in [7, 11) is 0. The number of carbonyl (C=O) groups excluding carboxylic acids is 1. The van der Waals surface area contributed by atoms with Gasteiger partial charge in [-0.15, -0.1) is 12.4 Å². The summed E-state index contributed by atoms with van der Waals surface area (Å²) in [5.74, 6) is 0.213. The maximum atomic E-state index is 12.6. The summed E-state index contributed by atoms with van der Waals surface area (Å²) in [4.78, 5) is 14.9. The highest BCUT2D eigenvalue weighted by atomic mass is 35.5. The summed E-state index contributed by atoms with van der Waals surface area (Å²) < 4.78 is 0. The second kappa shape index (κ2) is 8.34. The Kier molecular flexibility index (Phi) is 7.96. The summed E-state index contributed by atoms with van der Waals surface area (Å²) in [6.07, 6.45) is 2.15. The van der Waals surface area contributed by atoms with E-state index in [1.54, 1.807) is 0 Å². The molecule has 0 amide bonds. The minimum absolute atomic E-state index is 0. The van der Waals surface area contributed by atoms with Gasteiger partial charge >= 0.3 is 0 Å². The fourth-order valence-electron chi connectivity index (χ4n) is 2.30. The van der Waals surface area contributed by atoms with Crippen LogP contribution in [0.15, 0.2) is 30.3 Å². The summed E-state index contributed by atoms with van der Waals surface area (Å²) in [6.45, 7) is 10.3. The lowest BCUT2D eigenvalue weighted by atomic mass is 9.91. The highest BCUT2D eigenvalue weighted by Crippen LogP contribution is 2.21. The smallest absolute Gasteiger partial charge is 0.182 e. The molecule has 0 fully saturated rings. The van der Waals surface area contributed by atoms with Crippen LogP contribution >= 0.6 is 12.4 Å². The van der Waals surface area contributed by atoms with E-state index in [4.69, 9.17) is 0 Å². The molecule has 0 aliphatic heterocycles. The van der Waals surface area contributed by atoms with E-state index in [1.165, 1.54) is 0 Å². The summed E-state index contributed by atoms with van der Waals surface area (Å²) in [6, 6.07) is 9.60. The van der Waals surface area contributed by atoms with Gasteiger partial charge in [0.2, 0.25) is 0 Å². The van der Waals surface area contributed by atoms with Crippen LogP contribution in [0.1, 0.15) is 50.9 Å². The van der Waals surface area contributed by atoms with E-state index in [9.17, 15) is 4.79 Å². The SMILES string of the molecule is CCCN(CCC)C(C)(C)C(=O)c1ccccc1.Cl. The summed E-state index contributed by atoms with van der Waals surface area (Å²) in [5, 5.41) is 0. The van der Waals surface area contributed by atoms with Crippen LogP contribution in [0.3, 0.4) is 0 Å². The number of halogens is 1. The first-order valence-electron chi connectivity index (χ1n) is 6.89. The molecule has 1 aromatic carbocycles. The van der Waals surface area contributed by atoms with Crippen molar-refractivity contribution in [1.29, 1.82) is 0 Å². The van der Waals surface area contributed by atoms with Gasteiger partial charge in [-0.3, -0.25) is 9.69 Å². The monoisotopic (exact) mass is 283 g/mol. The van der Waals surface area contributed by atoms with E-state index in [0.717, 1.165) is 31.5 Å². The van der Waals surface area contributed by atoms with Gasteiger partial charge in [-0.2, -0.15) is 0 Å². The van der Waals surface area contributed by atoms with E-state index in [-0.39, 0.29) is 18.2 Å². The van der Waals surface area contributed by atoms with Crippen LogP contribution in [-0.4, -0.2) is 29.3 Å². The molecule has 0 saturated heterocycles. The number of Topliss-reactive ketones (excluding diaryl/α,β-unsaturated/α-hetero) is 1. The Hall–Kier alpha value is -0.860. The van der Waals surface area contributed by atoms with E-state index in [2.05, 4.69) is 18.7 Å². The molecular weight excluding hydrogens is 258 g/mol. The van der Waals surface area contributed by atoms with Crippen molar-refractivity contribution in [3.63, 3.8) is 0 Å². The molecular formula is C16H26ClNO. The molecule has 2 nitrogen and oxygen atoms in total. The van der Waals surface area contributed by atoms with Crippen LogP contribution in [0.5, 0.6) is 0 Å². The average Bonchev–Trinajstić information content (AvgIpc) is 2.38. The minimum Gasteiger partial charge on any atom is -0.292 e. The minimum atomic E-state index is -0.423. The van der Waals surface area contributed by atoms with Crippen molar-refractivity contribution in [2.45, 2.75) is 46.1 Å². The maximum absolute atomic E-state index is 12.6. The molecule has 108 valence electrons. The third-order valence-corrected chi connectivity index (χ3v) is 3.37. The number of hydrogen-bond acceptors (Lipinski definition) is 2. The van der Waals surface area contributed by atoms with E-state index in [0.29, 0.717) is 0 Å². The predicted octanol–water partition coefficient (Wildman–Crippen LogP) is 4.19. The van der Waals surface area contributed by atoms with E-state index >= 15 is 0 Å². The lowest BCUT2D eigenvalue weighted by Crippen LogP contribution is -2.50. The Morgan fingerprint density at radius 3 is 1.95 bits per heavy atom. The van der Waals surface area contributed by atoms with Gasteiger partial charge in [-0.1, -0.05) is 44.2 Å². The molecule has 0 aliphatic rings. The molecule has 0 spiro atoms. The molecule has 0 atom stereocenters. The Labute approximate surface area is 123 Å². The maximum Gasteiger partial charge on any atom is 0.182 e. The number of rotatable bonds is 7. The van der Waals surface area contributed by atoms with Crippen molar-refractivity contribution in [1.82, 2.24) is 4.90 Å². The van der Waals surface area contributed by atoms with Crippen LogP contribution in [-0.2, 0) is 0 Å². The lowest BCUT2D eigenvalue weighted by Gasteiger charge is -2.37. The van der Waals surface area contributed by atoms with Gasteiger partial charge < -0.3 is 0 Å². The lowest BCUT2D eigenvalue weighted by molar-refractivity contribution is 0.0639. The molecule has 19 heavy (non-hydrogen) atoms. The first-order chi connectivity index (χ1) is 8.54. The molecule has 0 bridgehead atoms. The van der Waals surface area contributed by atoms with Gasteiger partial charge in [0.05, 0.1) is 5.54 Å². The number of benzene rings is 1. The zero-order chi connectivity index (χ0) is 13.6. The zero-order valence-electron chi connectivity index (χ0n) is 12.5. The average molecular weight is 284 g/mol. The zero-order valence-corrected chi connectivity index (χ0v) is 13.3. The molecule has 3 heteroatoms. The summed E-state index contributed by atoms with van der Waals surface area (Å²) >= 11 is 0. The Balaban J connectivity index is 0.00000324. The highest BCUT2D eigenvalue weighted by Gasteiger charge is 2.33. The van der Waals surface area contributed by atoms with Crippen LogP contribution in [0.2, 0.25) is 0 Å². The van der Waals surface area contributed by atoms with E-state index in [1.807, 2.05) is 44.2 Å². The third kappa shape index (κ3) is 4.63. The van der Waals surface area contributed by atoms with Crippen LogP contribution in [0.25, 0.3) is 0 Å². The number of nitrogens with zero attached hydrogens (tertiary/aromatic N) is 1. The third-order valence-electron chi connectivity index (χ3n) is 3.37. The van der Waals surface area contributed by atoms with Crippen LogP contribution in [0, 0.1) is 0 Å². The van der Waals surface area contributed by atoms with Crippen molar-refractivity contribution in [2.24, 2.45) is 0 Å². The summed E-state index contributed by atoms with van der Waals surface area (Å²) in [5.41, 5.74) is 0.382. The molecule has 0 N–H and O–H groups in total. The van der Waals surface area contributed by atoms with E-state index < -0.39 is 5.54 Å².